The molecule has 2 aromatic rings. The highest BCUT2D eigenvalue weighted by atomic mass is 16.1. The van der Waals surface area contributed by atoms with E-state index in [1.807, 2.05) is 52.1 Å². The second-order valence-corrected chi connectivity index (χ2v) is 4.99. The Labute approximate surface area is 118 Å². The Morgan fingerprint density at radius 2 is 2.00 bits per heavy atom. The normalized spacial score (nSPS) is 12.2. The molecule has 1 heterocycles. The van der Waals surface area contributed by atoms with Gasteiger partial charge in [-0.25, -0.2) is 0 Å². The van der Waals surface area contributed by atoms with Crippen LogP contribution < -0.4 is 11.1 Å². The summed E-state index contributed by atoms with van der Waals surface area (Å²) in [5, 5.41) is 7.24. The molecule has 1 atom stereocenters. The van der Waals surface area contributed by atoms with Crippen molar-refractivity contribution in [3.05, 3.63) is 46.8 Å². The average Bonchev–Trinajstić information content (AvgIpc) is 2.63. The van der Waals surface area contributed by atoms with Gasteiger partial charge in [-0.1, -0.05) is 18.2 Å². The predicted molar refractivity (Wildman–Crippen MR) is 79.4 cm³/mol. The van der Waals surface area contributed by atoms with Crippen LogP contribution in [-0.4, -0.2) is 15.7 Å². The maximum atomic E-state index is 12.4. The van der Waals surface area contributed by atoms with Crippen LogP contribution in [0.1, 0.15) is 40.3 Å². The van der Waals surface area contributed by atoms with Gasteiger partial charge in [-0.15, -0.1) is 0 Å². The molecule has 5 nitrogen and oxygen atoms in total. The molecule has 0 bridgehead atoms. The highest BCUT2D eigenvalue weighted by molar-refractivity contribution is 5.96. The number of nitrogens with zero attached hydrogens (tertiary/aromatic N) is 2. The van der Waals surface area contributed by atoms with Crippen LogP contribution in [0.15, 0.2) is 24.3 Å². The zero-order chi connectivity index (χ0) is 14.9. The lowest BCUT2D eigenvalue weighted by Gasteiger charge is -2.16. The number of hydrogen-bond donors (Lipinski definition) is 2. The van der Waals surface area contributed by atoms with Gasteiger partial charge in [0.15, 0.2) is 0 Å². The maximum absolute atomic E-state index is 12.4. The third kappa shape index (κ3) is 2.52. The quantitative estimate of drug-likeness (QED) is 0.840. The summed E-state index contributed by atoms with van der Waals surface area (Å²) in [5.74, 6) is -0.121. The van der Waals surface area contributed by atoms with Gasteiger partial charge in [0, 0.05) is 18.4 Å². The Balaban J connectivity index is 2.22. The number of benzene rings is 1. The molecule has 5 heteroatoms. The van der Waals surface area contributed by atoms with Gasteiger partial charge in [-0.3, -0.25) is 9.48 Å². The van der Waals surface area contributed by atoms with E-state index < -0.39 is 0 Å². The zero-order valence-corrected chi connectivity index (χ0v) is 12.3. The number of nitrogens with one attached hydrogen (secondary N) is 1. The number of para-hydroxylation sites is 1. The topological polar surface area (TPSA) is 72.9 Å². The predicted octanol–water partition coefficient (Wildman–Crippen LogP) is 2.11. The van der Waals surface area contributed by atoms with Crippen LogP contribution >= 0.6 is 0 Å². The van der Waals surface area contributed by atoms with Gasteiger partial charge in [0.2, 0.25) is 0 Å². The third-order valence-electron chi connectivity index (χ3n) is 3.55. The minimum absolute atomic E-state index is 0.121. The van der Waals surface area contributed by atoms with Crippen molar-refractivity contribution in [3.8, 4) is 0 Å². The molecule has 2 rings (SSSR count). The van der Waals surface area contributed by atoms with E-state index in [9.17, 15) is 4.79 Å². The van der Waals surface area contributed by atoms with Gasteiger partial charge >= 0.3 is 0 Å². The van der Waals surface area contributed by atoms with Crippen LogP contribution in [0.4, 0.5) is 5.69 Å². The molecular weight excluding hydrogens is 252 g/mol. The molecule has 1 unspecified atom stereocenters. The smallest absolute Gasteiger partial charge is 0.255 e. The van der Waals surface area contributed by atoms with Gasteiger partial charge in [-0.05, 0) is 32.4 Å². The molecule has 3 N–H and O–H groups in total. The Bertz CT molecular complexity index is 645. The fourth-order valence-corrected chi connectivity index (χ4v) is 2.35. The molecule has 0 aliphatic carbocycles. The van der Waals surface area contributed by atoms with Crippen molar-refractivity contribution >= 4 is 11.6 Å². The Kier molecular flexibility index (Phi) is 3.79. The first-order chi connectivity index (χ1) is 9.41. The SMILES string of the molecule is Cc1nn(C)c(C)c1C(=O)NC(C)c1ccccc1N. The van der Waals surface area contributed by atoms with Crippen LogP contribution in [0, 0.1) is 13.8 Å². The molecular formula is C15H20N4O. The Hall–Kier alpha value is -2.30. The first-order valence-corrected chi connectivity index (χ1v) is 6.57. The summed E-state index contributed by atoms with van der Waals surface area (Å²) in [6.45, 7) is 5.64. The number of hydrogen-bond acceptors (Lipinski definition) is 3. The van der Waals surface area contributed by atoms with Crippen molar-refractivity contribution in [3.63, 3.8) is 0 Å². The van der Waals surface area contributed by atoms with Gasteiger partial charge in [0.25, 0.3) is 5.91 Å². The first kappa shape index (κ1) is 14.1. The van der Waals surface area contributed by atoms with Crippen molar-refractivity contribution in [1.29, 1.82) is 0 Å². The summed E-state index contributed by atoms with van der Waals surface area (Å²) in [4.78, 5) is 12.4. The van der Waals surface area contributed by atoms with Crippen molar-refractivity contribution < 1.29 is 4.79 Å². The Morgan fingerprint density at radius 1 is 1.35 bits per heavy atom. The van der Waals surface area contributed by atoms with Gasteiger partial charge < -0.3 is 11.1 Å². The van der Waals surface area contributed by atoms with Crippen molar-refractivity contribution in [2.75, 3.05) is 5.73 Å². The molecule has 20 heavy (non-hydrogen) atoms. The zero-order valence-electron chi connectivity index (χ0n) is 12.3. The number of nitrogens with two attached hydrogens (primary N) is 1. The second-order valence-electron chi connectivity index (χ2n) is 4.99. The summed E-state index contributed by atoms with van der Waals surface area (Å²) in [5.41, 5.74) is 9.75. The van der Waals surface area contributed by atoms with Crippen LogP contribution in [0.25, 0.3) is 0 Å². The fraction of sp³-hybridized carbons (Fsp3) is 0.333. The van der Waals surface area contributed by atoms with Crippen molar-refractivity contribution in [1.82, 2.24) is 15.1 Å². The standard InChI is InChI=1S/C15H20N4O/c1-9(12-7-5-6-8-13(12)16)17-15(20)14-10(2)18-19(4)11(14)3/h5-9H,16H2,1-4H3,(H,17,20). The minimum atomic E-state index is -0.150. The van der Waals surface area contributed by atoms with Crippen LogP contribution in [0.3, 0.4) is 0 Å². The number of amides is 1. The van der Waals surface area contributed by atoms with E-state index in [-0.39, 0.29) is 11.9 Å². The molecule has 0 aliphatic heterocycles. The minimum Gasteiger partial charge on any atom is -0.398 e. The van der Waals surface area contributed by atoms with E-state index in [0.717, 1.165) is 17.0 Å². The molecule has 0 radical (unpaired) electrons. The Morgan fingerprint density at radius 3 is 2.55 bits per heavy atom. The van der Waals surface area contributed by atoms with Crippen LogP contribution in [0.2, 0.25) is 0 Å². The average molecular weight is 272 g/mol. The number of nitrogen functional groups attached to an aromatic ring is 1. The van der Waals surface area contributed by atoms with Crippen molar-refractivity contribution in [2.24, 2.45) is 7.05 Å². The molecule has 0 spiro atoms. The molecule has 0 saturated carbocycles. The lowest BCUT2D eigenvalue weighted by atomic mass is 10.1. The van der Waals surface area contributed by atoms with Crippen LogP contribution in [-0.2, 0) is 7.05 Å². The monoisotopic (exact) mass is 272 g/mol. The van der Waals surface area contributed by atoms with Gasteiger partial charge in [0.05, 0.1) is 17.3 Å². The highest BCUT2D eigenvalue weighted by Gasteiger charge is 2.19. The number of aryl methyl sites for hydroxylation is 2. The van der Waals surface area contributed by atoms with Gasteiger partial charge in [-0.2, -0.15) is 5.10 Å². The molecule has 0 aliphatic rings. The fourth-order valence-electron chi connectivity index (χ4n) is 2.35. The van der Waals surface area contributed by atoms with Crippen molar-refractivity contribution in [2.45, 2.75) is 26.8 Å². The highest BCUT2D eigenvalue weighted by Crippen LogP contribution is 2.20. The van der Waals surface area contributed by atoms with Gasteiger partial charge in [0.1, 0.15) is 0 Å². The molecule has 1 amide bonds. The van der Waals surface area contributed by atoms with E-state index in [0.29, 0.717) is 11.3 Å². The van der Waals surface area contributed by atoms with E-state index in [2.05, 4.69) is 10.4 Å². The van der Waals surface area contributed by atoms with E-state index >= 15 is 0 Å². The van der Waals surface area contributed by atoms with Crippen LogP contribution in [0.5, 0.6) is 0 Å². The molecule has 1 aromatic heterocycles. The number of carbonyl (C=O) groups excluding carboxylic acids is 1. The number of anilines is 1. The summed E-state index contributed by atoms with van der Waals surface area (Å²) in [7, 11) is 1.83. The molecule has 1 aromatic carbocycles. The second kappa shape index (κ2) is 5.36. The van der Waals surface area contributed by atoms with E-state index in [4.69, 9.17) is 5.73 Å². The largest absolute Gasteiger partial charge is 0.398 e. The molecule has 106 valence electrons. The number of aromatic nitrogens is 2. The van der Waals surface area contributed by atoms with E-state index in [1.165, 1.54) is 0 Å². The lowest BCUT2D eigenvalue weighted by molar-refractivity contribution is 0.0938. The number of rotatable bonds is 3. The summed E-state index contributed by atoms with van der Waals surface area (Å²) in [6.07, 6.45) is 0. The molecule has 0 saturated heterocycles. The summed E-state index contributed by atoms with van der Waals surface area (Å²) >= 11 is 0. The lowest BCUT2D eigenvalue weighted by Crippen LogP contribution is -2.28. The summed E-state index contributed by atoms with van der Waals surface area (Å²) < 4.78 is 1.71. The first-order valence-electron chi connectivity index (χ1n) is 6.57. The number of carbonyl (C=O) groups is 1. The summed E-state index contributed by atoms with van der Waals surface area (Å²) in [6, 6.07) is 7.39. The molecule has 0 fully saturated rings. The maximum Gasteiger partial charge on any atom is 0.255 e. The van der Waals surface area contributed by atoms with E-state index in [1.54, 1.807) is 4.68 Å². The third-order valence-corrected chi connectivity index (χ3v) is 3.55.